The summed E-state index contributed by atoms with van der Waals surface area (Å²) < 4.78 is 13.0. The van der Waals surface area contributed by atoms with Crippen molar-refractivity contribution in [1.29, 1.82) is 0 Å². The van der Waals surface area contributed by atoms with Crippen molar-refractivity contribution in [1.82, 2.24) is 9.80 Å². The molecule has 1 aromatic rings. The van der Waals surface area contributed by atoms with Gasteiger partial charge in [0.15, 0.2) is 0 Å². The van der Waals surface area contributed by atoms with Crippen LogP contribution in [0.5, 0.6) is 0 Å². The van der Waals surface area contributed by atoms with Gasteiger partial charge < -0.3 is 14.9 Å². The highest BCUT2D eigenvalue weighted by Crippen LogP contribution is 2.21. The third-order valence-corrected chi connectivity index (χ3v) is 5.60. The van der Waals surface area contributed by atoms with Crippen molar-refractivity contribution in [2.45, 2.75) is 25.8 Å². The number of anilines is 1. The van der Waals surface area contributed by atoms with E-state index in [0.717, 1.165) is 44.7 Å². The largest absolute Gasteiger partial charge is 0.396 e. The molecule has 2 aliphatic rings. The fraction of sp³-hybridized carbons (Fsp3) is 0.632. The van der Waals surface area contributed by atoms with E-state index >= 15 is 0 Å². The molecule has 5 nitrogen and oxygen atoms in total. The lowest BCUT2D eigenvalue weighted by atomic mass is 9.96. The zero-order chi connectivity index (χ0) is 17.8. The van der Waals surface area contributed by atoms with Gasteiger partial charge in [-0.05, 0) is 63.0 Å². The van der Waals surface area contributed by atoms with Crippen molar-refractivity contribution in [3.63, 3.8) is 0 Å². The first kappa shape index (κ1) is 18.1. The molecule has 2 heterocycles. The maximum atomic E-state index is 13.0. The average molecular weight is 349 g/mol. The van der Waals surface area contributed by atoms with Crippen molar-refractivity contribution in [3.05, 3.63) is 30.1 Å². The number of amides is 1. The molecule has 138 valence electrons. The van der Waals surface area contributed by atoms with Crippen LogP contribution < -0.4 is 4.90 Å². The minimum atomic E-state index is -0.226. The molecule has 0 aromatic heterocycles. The van der Waals surface area contributed by atoms with Crippen molar-refractivity contribution < 1.29 is 14.3 Å². The van der Waals surface area contributed by atoms with Crippen molar-refractivity contribution in [2.24, 2.45) is 5.92 Å². The van der Waals surface area contributed by atoms with Gasteiger partial charge in [0.2, 0.25) is 5.91 Å². The Morgan fingerprint density at radius 1 is 1.12 bits per heavy atom. The number of carbonyl (C=O) groups is 1. The number of likely N-dealkylation sites (tertiary alicyclic amines) is 1. The number of benzene rings is 1. The summed E-state index contributed by atoms with van der Waals surface area (Å²) in [5, 5.41) is 9.24. The fourth-order valence-corrected chi connectivity index (χ4v) is 3.78. The average Bonchev–Trinajstić information content (AvgIpc) is 2.67. The lowest BCUT2D eigenvalue weighted by Gasteiger charge is -2.40. The van der Waals surface area contributed by atoms with Gasteiger partial charge in [0, 0.05) is 38.5 Å². The van der Waals surface area contributed by atoms with Gasteiger partial charge in [0.05, 0.1) is 6.04 Å². The van der Waals surface area contributed by atoms with Crippen LogP contribution in [0.15, 0.2) is 24.3 Å². The van der Waals surface area contributed by atoms with Gasteiger partial charge in [-0.2, -0.15) is 0 Å². The molecule has 0 aliphatic carbocycles. The van der Waals surface area contributed by atoms with Gasteiger partial charge >= 0.3 is 0 Å². The standard InChI is InChI=1S/C19H28FN3O2/c1-15(21-8-6-16(14-24)7-9-21)19(25)23-12-10-22(11-13-23)18-4-2-17(20)3-5-18/h2-5,15-16,24H,6-14H2,1H3. The van der Waals surface area contributed by atoms with E-state index in [1.165, 1.54) is 12.1 Å². The van der Waals surface area contributed by atoms with E-state index < -0.39 is 0 Å². The molecule has 1 atom stereocenters. The van der Waals surface area contributed by atoms with E-state index in [1.54, 1.807) is 12.1 Å². The Hall–Kier alpha value is -1.66. The summed E-state index contributed by atoms with van der Waals surface area (Å²) in [6.07, 6.45) is 1.93. The summed E-state index contributed by atoms with van der Waals surface area (Å²) in [7, 11) is 0. The molecule has 0 bridgehead atoms. The van der Waals surface area contributed by atoms with Crippen LogP contribution >= 0.6 is 0 Å². The minimum absolute atomic E-state index is 0.1000. The quantitative estimate of drug-likeness (QED) is 0.896. The van der Waals surface area contributed by atoms with Crippen LogP contribution in [0, 0.1) is 11.7 Å². The fourth-order valence-electron chi connectivity index (χ4n) is 3.78. The lowest BCUT2D eigenvalue weighted by molar-refractivity contribution is -0.137. The summed E-state index contributed by atoms with van der Waals surface area (Å²) in [5.41, 5.74) is 1.01. The maximum absolute atomic E-state index is 13.0. The molecule has 2 saturated heterocycles. The third-order valence-electron chi connectivity index (χ3n) is 5.60. The van der Waals surface area contributed by atoms with Crippen molar-refractivity contribution in [3.8, 4) is 0 Å². The number of nitrogens with zero attached hydrogens (tertiary/aromatic N) is 3. The Kier molecular flexibility index (Phi) is 5.91. The molecule has 0 radical (unpaired) electrons. The number of piperazine rings is 1. The number of hydrogen-bond donors (Lipinski definition) is 1. The monoisotopic (exact) mass is 349 g/mol. The number of aliphatic hydroxyl groups is 1. The first-order valence-electron chi connectivity index (χ1n) is 9.22. The van der Waals surface area contributed by atoms with Crippen molar-refractivity contribution in [2.75, 3.05) is 50.8 Å². The van der Waals surface area contributed by atoms with Crippen molar-refractivity contribution >= 4 is 11.6 Å². The molecule has 1 aromatic carbocycles. The molecule has 1 unspecified atom stereocenters. The van der Waals surface area contributed by atoms with Crippen LogP contribution in [-0.4, -0.2) is 72.7 Å². The Balaban J connectivity index is 1.50. The van der Waals surface area contributed by atoms with E-state index in [0.29, 0.717) is 19.0 Å². The summed E-state index contributed by atoms with van der Waals surface area (Å²) >= 11 is 0. The van der Waals surface area contributed by atoms with E-state index in [1.807, 2.05) is 11.8 Å². The SMILES string of the molecule is CC(C(=O)N1CCN(c2ccc(F)cc2)CC1)N1CCC(CO)CC1. The highest BCUT2D eigenvalue weighted by Gasteiger charge is 2.30. The predicted molar refractivity (Wildman–Crippen MR) is 96.0 cm³/mol. The number of piperidine rings is 1. The van der Waals surface area contributed by atoms with Crippen LogP contribution in [-0.2, 0) is 4.79 Å². The predicted octanol–water partition coefficient (Wildman–Crippen LogP) is 1.57. The molecule has 2 fully saturated rings. The minimum Gasteiger partial charge on any atom is -0.396 e. The van der Waals surface area contributed by atoms with Gasteiger partial charge in [0.25, 0.3) is 0 Å². The van der Waals surface area contributed by atoms with E-state index in [2.05, 4.69) is 9.80 Å². The number of aliphatic hydroxyl groups excluding tert-OH is 1. The first-order chi connectivity index (χ1) is 12.1. The summed E-state index contributed by atoms with van der Waals surface area (Å²) in [5.74, 6) is 0.357. The molecule has 1 N–H and O–H groups in total. The molecular formula is C19H28FN3O2. The number of hydrogen-bond acceptors (Lipinski definition) is 4. The van der Waals surface area contributed by atoms with Crippen LogP contribution in [0.25, 0.3) is 0 Å². The highest BCUT2D eigenvalue weighted by molar-refractivity contribution is 5.81. The zero-order valence-electron chi connectivity index (χ0n) is 14.9. The number of carbonyl (C=O) groups excluding carboxylic acids is 1. The second kappa shape index (κ2) is 8.15. The smallest absolute Gasteiger partial charge is 0.239 e. The van der Waals surface area contributed by atoms with Gasteiger partial charge in [-0.3, -0.25) is 9.69 Å². The second-order valence-electron chi connectivity index (χ2n) is 7.13. The topological polar surface area (TPSA) is 47.0 Å². The van der Waals surface area contributed by atoms with Gasteiger partial charge in [-0.25, -0.2) is 4.39 Å². The zero-order valence-corrected chi connectivity index (χ0v) is 14.9. The van der Waals surface area contributed by atoms with Crippen LogP contribution in [0.4, 0.5) is 10.1 Å². The number of halogens is 1. The third kappa shape index (κ3) is 4.30. The first-order valence-corrected chi connectivity index (χ1v) is 9.22. The maximum Gasteiger partial charge on any atom is 0.239 e. The summed E-state index contributed by atoms with van der Waals surface area (Å²) in [6.45, 7) is 6.96. The van der Waals surface area contributed by atoms with Gasteiger partial charge in [-0.1, -0.05) is 0 Å². The number of rotatable bonds is 4. The summed E-state index contributed by atoms with van der Waals surface area (Å²) in [6, 6.07) is 6.44. The van der Waals surface area contributed by atoms with E-state index in [9.17, 15) is 14.3 Å². The van der Waals surface area contributed by atoms with Crippen LogP contribution in [0.1, 0.15) is 19.8 Å². The summed E-state index contributed by atoms with van der Waals surface area (Å²) in [4.78, 5) is 19.2. The molecule has 3 rings (SSSR count). The van der Waals surface area contributed by atoms with Gasteiger partial charge in [-0.15, -0.1) is 0 Å². The molecule has 0 saturated carbocycles. The molecule has 25 heavy (non-hydrogen) atoms. The van der Waals surface area contributed by atoms with E-state index in [-0.39, 0.29) is 24.4 Å². The molecule has 6 heteroatoms. The Morgan fingerprint density at radius 2 is 1.72 bits per heavy atom. The molecule has 2 aliphatic heterocycles. The molecule has 0 spiro atoms. The molecular weight excluding hydrogens is 321 g/mol. The highest BCUT2D eigenvalue weighted by atomic mass is 19.1. The Labute approximate surface area is 149 Å². The van der Waals surface area contributed by atoms with Gasteiger partial charge in [0.1, 0.15) is 5.82 Å². The van der Waals surface area contributed by atoms with Crippen LogP contribution in [0.2, 0.25) is 0 Å². The Bertz CT molecular complexity index is 565. The van der Waals surface area contributed by atoms with Crippen LogP contribution in [0.3, 0.4) is 0 Å². The Morgan fingerprint density at radius 3 is 2.28 bits per heavy atom. The lowest BCUT2D eigenvalue weighted by Crippen LogP contribution is -2.55. The van der Waals surface area contributed by atoms with E-state index in [4.69, 9.17) is 0 Å². The normalized spacial score (nSPS) is 21.4. The molecule has 1 amide bonds. The second-order valence-corrected chi connectivity index (χ2v) is 7.13.